The quantitative estimate of drug-likeness (QED) is 0.888. The average molecular weight is 269 g/mol. The molecule has 1 aliphatic heterocycles. The second-order valence-corrected chi connectivity index (χ2v) is 5.97. The second kappa shape index (κ2) is 6.43. The Hall–Kier alpha value is -0.740. The van der Waals surface area contributed by atoms with Gasteiger partial charge in [0.05, 0.1) is 7.11 Å². The highest BCUT2D eigenvalue weighted by Gasteiger charge is 2.24. The van der Waals surface area contributed by atoms with Crippen LogP contribution < -0.4 is 10.1 Å². The van der Waals surface area contributed by atoms with Crippen LogP contribution in [0.1, 0.15) is 18.4 Å². The van der Waals surface area contributed by atoms with Crippen LogP contribution in [0.3, 0.4) is 0 Å². The minimum absolute atomic E-state index is 0.274. The third kappa shape index (κ3) is 3.18. The van der Waals surface area contributed by atoms with E-state index in [0.717, 1.165) is 12.0 Å². The molecule has 0 saturated carbocycles. The molecule has 100 valence electrons. The molecule has 0 spiro atoms. The van der Waals surface area contributed by atoms with Gasteiger partial charge in [-0.25, -0.2) is 4.39 Å². The van der Waals surface area contributed by atoms with Crippen molar-refractivity contribution in [2.75, 3.05) is 19.9 Å². The third-order valence-electron chi connectivity index (χ3n) is 3.46. The maximum atomic E-state index is 13.6. The van der Waals surface area contributed by atoms with Crippen molar-refractivity contribution in [2.45, 2.75) is 30.6 Å². The van der Waals surface area contributed by atoms with E-state index in [4.69, 9.17) is 4.74 Å². The number of hydrogen-bond acceptors (Lipinski definition) is 3. The Labute approximate surface area is 112 Å². The molecule has 1 aromatic rings. The van der Waals surface area contributed by atoms with E-state index in [0.29, 0.717) is 17.0 Å². The van der Waals surface area contributed by atoms with Crippen molar-refractivity contribution in [3.8, 4) is 5.75 Å². The molecule has 2 nitrogen and oxygen atoms in total. The SMILES string of the molecule is CNC(Cc1ccc(OC)c(F)c1)C1CCCS1. The summed E-state index contributed by atoms with van der Waals surface area (Å²) in [4.78, 5) is 0. The molecule has 0 aliphatic carbocycles. The fraction of sp³-hybridized carbons (Fsp3) is 0.571. The highest BCUT2D eigenvalue weighted by molar-refractivity contribution is 8.00. The summed E-state index contributed by atoms with van der Waals surface area (Å²) in [7, 11) is 3.48. The van der Waals surface area contributed by atoms with Crippen LogP contribution in [-0.2, 0) is 6.42 Å². The van der Waals surface area contributed by atoms with E-state index in [1.165, 1.54) is 25.7 Å². The molecule has 0 amide bonds. The number of nitrogens with one attached hydrogen (secondary N) is 1. The predicted octanol–water partition coefficient (Wildman–Crippen LogP) is 2.86. The monoisotopic (exact) mass is 269 g/mol. The maximum absolute atomic E-state index is 13.6. The van der Waals surface area contributed by atoms with Gasteiger partial charge in [-0.2, -0.15) is 11.8 Å². The molecule has 2 unspecified atom stereocenters. The summed E-state index contributed by atoms with van der Waals surface area (Å²) in [6.07, 6.45) is 3.42. The third-order valence-corrected chi connectivity index (χ3v) is 4.97. The normalized spacial score (nSPS) is 20.9. The molecule has 1 fully saturated rings. The molecule has 18 heavy (non-hydrogen) atoms. The highest BCUT2D eigenvalue weighted by Crippen LogP contribution is 2.30. The Morgan fingerprint density at radius 3 is 2.94 bits per heavy atom. The lowest BCUT2D eigenvalue weighted by Crippen LogP contribution is -2.36. The van der Waals surface area contributed by atoms with Crippen LogP contribution in [0.25, 0.3) is 0 Å². The molecule has 1 saturated heterocycles. The Kier molecular flexibility index (Phi) is 4.89. The zero-order chi connectivity index (χ0) is 13.0. The van der Waals surface area contributed by atoms with Crippen LogP contribution in [0.15, 0.2) is 18.2 Å². The van der Waals surface area contributed by atoms with Crippen LogP contribution in [0.2, 0.25) is 0 Å². The first-order valence-corrected chi connectivity index (χ1v) is 7.40. The van der Waals surface area contributed by atoms with Gasteiger partial charge in [-0.05, 0) is 49.8 Å². The van der Waals surface area contributed by atoms with E-state index in [9.17, 15) is 4.39 Å². The van der Waals surface area contributed by atoms with Gasteiger partial charge in [-0.3, -0.25) is 0 Å². The van der Waals surface area contributed by atoms with Crippen LogP contribution in [0.4, 0.5) is 4.39 Å². The minimum atomic E-state index is -0.274. The highest BCUT2D eigenvalue weighted by atomic mass is 32.2. The van der Waals surface area contributed by atoms with E-state index in [2.05, 4.69) is 5.32 Å². The van der Waals surface area contributed by atoms with Gasteiger partial charge in [-0.15, -0.1) is 0 Å². The first-order valence-electron chi connectivity index (χ1n) is 6.36. The van der Waals surface area contributed by atoms with E-state index >= 15 is 0 Å². The summed E-state index contributed by atoms with van der Waals surface area (Å²) in [5.74, 6) is 1.29. The molecule has 1 aliphatic rings. The van der Waals surface area contributed by atoms with Gasteiger partial charge >= 0.3 is 0 Å². The molecular formula is C14H20FNOS. The summed E-state index contributed by atoms with van der Waals surface area (Å²) in [5.41, 5.74) is 1.03. The van der Waals surface area contributed by atoms with Gasteiger partial charge in [0, 0.05) is 11.3 Å². The van der Waals surface area contributed by atoms with Crippen molar-refractivity contribution in [3.05, 3.63) is 29.6 Å². The van der Waals surface area contributed by atoms with Crippen LogP contribution >= 0.6 is 11.8 Å². The summed E-state index contributed by atoms with van der Waals surface area (Å²) in [6.45, 7) is 0. The second-order valence-electron chi connectivity index (χ2n) is 4.62. The Balaban J connectivity index is 2.04. The molecule has 2 atom stereocenters. The zero-order valence-corrected chi connectivity index (χ0v) is 11.7. The first-order chi connectivity index (χ1) is 8.74. The van der Waals surface area contributed by atoms with Crippen molar-refractivity contribution >= 4 is 11.8 Å². The summed E-state index contributed by atoms with van der Waals surface area (Å²) < 4.78 is 18.6. The van der Waals surface area contributed by atoms with Crippen LogP contribution in [-0.4, -0.2) is 31.2 Å². The Morgan fingerprint density at radius 2 is 2.39 bits per heavy atom. The molecule has 4 heteroatoms. The standard InChI is InChI=1S/C14H20FNOS/c1-16-12(14-4-3-7-18-14)9-10-5-6-13(17-2)11(15)8-10/h5-6,8,12,14,16H,3-4,7,9H2,1-2H3. The summed E-state index contributed by atoms with van der Waals surface area (Å²) in [5, 5.41) is 4.02. The van der Waals surface area contributed by atoms with E-state index in [1.54, 1.807) is 12.1 Å². The Bertz CT molecular complexity index is 393. The van der Waals surface area contributed by atoms with Crippen molar-refractivity contribution in [1.82, 2.24) is 5.32 Å². The number of thioether (sulfide) groups is 1. The van der Waals surface area contributed by atoms with Crippen molar-refractivity contribution < 1.29 is 9.13 Å². The summed E-state index contributed by atoms with van der Waals surface area (Å²) in [6, 6.07) is 5.67. The van der Waals surface area contributed by atoms with Gasteiger partial charge in [-0.1, -0.05) is 6.07 Å². The number of hydrogen-bond donors (Lipinski definition) is 1. The van der Waals surface area contributed by atoms with Crippen molar-refractivity contribution in [1.29, 1.82) is 0 Å². The molecular weight excluding hydrogens is 249 g/mol. The van der Waals surface area contributed by atoms with Crippen LogP contribution in [0, 0.1) is 5.82 Å². The van der Waals surface area contributed by atoms with Crippen molar-refractivity contribution in [3.63, 3.8) is 0 Å². The Morgan fingerprint density at radius 1 is 1.56 bits per heavy atom. The number of ether oxygens (including phenoxy) is 1. The lowest BCUT2D eigenvalue weighted by Gasteiger charge is -2.22. The maximum Gasteiger partial charge on any atom is 0.165 e. The lowest BCUT2D eigenvalue weighted by atomic mass is 10.0. The molecule has 0 radical (unpaired) electrons. The fourth-order valence-corrected chi connectivity index (χ4v) is 3.86. The largest absolute Gasteiger partial charge is 0.494 e. The number of benzene rings is 1. The van der Waals surface area contributed by atoms with Gasteiger partial charge < -0.3 is 10.1 Å². The molecule has 0 aromatic heterocycles. The van der Waals surface area contributed by atoms with Gasteiger partial charge in [0.2, 0.25) is 0 Å². The number of methoxy groups -OCH3 is 1. The van der Waals surface area contributed by atoms with E-state index in [-0.39, 0.29) is 5.82 Å². The molecule has 1 N–H and O–H groups in total. The molecule has 1 heterocycles. The van der Waals surface area contributed by atoms with Gasteiger partial charge in [0.1, 0.15) is 0 Å². The predicted molar refractivity (Wildman–Crippen MR) is 75.0 cm³/mol. The van der Waals surface area contributed by atoms with Crippen LogP contribution in [0.5, 0.6) is 5.75 Å². The van der Waals surface area contributed by atoms with Gasteiger partial charge in [0.15, 0.2) is 11.6 Å². The van der Waals surface area contributed by atoms with Crippen molar-refractivity contribution in [2.24, 2.45) is 0 Å². The van der Waals surface area contributed by atoms with E-state index in [1.807, 2.05) is 24.9 Å². The summed E-state index contributed by atoms with van der Waals surface area (Å²) >= 11 is 2.03. The fourth-order valence-electron chi connectivity index (χ4n) is 2.43. The smallest absolute Gasteiger partial charge is 0.165 e. The molecule has 2 rings (SSSR count). The topological polar surface area (TPSA) is 21.3 Å². The van der Waals surface area contributed by atoms with Gasteiger partial charge in [0.25, 0.3) is 0 Å². The lowest BCUT2D eigenvalue weighted by molar-refractivity contribution is 0.386. The molecule has 1 aromatic carbocycles. The number of rotatable bonds is 5. The number of halogens is 1. The van der Waals surface area contributed by atoms with E-state index < -0.39 is 0 Å². The molecule has 0 bridgehead atoms. The minimum Gasteiger partial charge on any atom is -0.494 e. The first kappa shape index (κ1) is 13.7. The zero-order valence-electron chi connectivity index (χ0n) is 10.9. The average Bonchev–Trinajstić information content (AvgIpc) is 2.90. The number of likely N-dealkylation sites (N-methyl/N-ethyl adjacent to an activating group) is 1.